The van der Waals surface area contributed by atoms with Crippen molar-refractivity contribution in [2.75, 3.05) is 11.9 Å². The molecule has 1 saturated carbocycles. The Morgan fingerprint density at radius 3 is 2.59 bits per heavy atom. The van der Waals surface area contributed by atoms with Gasteiger partial charge in [0.15, 0.2) is 0 Å². The number of hydrogen-bond acceptors (Lipinski definition) is 2. The van der Waals surface area contributed by atoms with Crippen LogP contribution in [0.1, 0.15) is 18.4 Å². The first-order valence-corrected chi connectivity index (χ1v) is 6.00. The minimum absolute atomic E-state index is 0.144. The predicted molar refractivity (Wildman–Crippen MR) is 68.9 cm³/mol. The lowest BCUT2D eigenvalue weighted by atomic mass is 9.81. The number of carbonyl (C=O) groups is 1. The van der Waals surface area contributed by atoms with Gasteiger partial charge in [0.2, 0.25) is 0 Å². The Morgan fingerprint density at radius 1 is 1.35 bits per heavy atom. The second-order valence-corrected chi connectivity index (χ2v) is 4.80. The van der Waals surface area contributed by atoms with Crippen LogP contribution < -0.4 is 16.4 Å². The fourth-order valence-electron chi connectivity index (χ4n) is 2.00. The Kier molecular flexibility index (Phi) is 3.64. The quantitative estimate of drug-likeness (QED) is 0.746. The molecule has 0 radical (unpaired) electrons. The number of aryl methyl sites for hydroxylation is 1. The highest BCUT2D eigenvalue weighted by molar-refractivity contribution is 5.89. The number of anilines is 1. The van der Waals surface area contributed by atoms with Crippen molar-refractivity contribution >= 4 is 11.7 Å². The van der Waals surface area contributed by atoms with E-state index in [1.165, 1.54) is 5.56 Å². The van der Waals surface area contributed by atoms with Gasteiger partial charge in [-0.2, -0.15) is 0 Å². The first-order valence-electron chi connectivity index (χ1n) is 6.00. The molecule has 0 unspecified atom stereocenters. The maximum absolute atomic E-state index is 11.6. The van der Waals surface area contributed by atoms with Crippen LogP contribution in [0.4, 0.5) is 10.5 Å². The molecule has 0 atom stereocenters. The molecule has 4 heteroatoms. The van der Waals surface area contributed by atoms with E-state index in [2.05, 4.69) is 10.6 Å². The van der Waals surface area contributed by atoms with Gasteiger partial charge >= 0.3 is 6.03 Å². The summed E-state index contributed by atoms with van der Waals surface area (Å²) in [5.41, 5.74) is 7.68. The molecular weight excluding hydrogens is 214 g/mol. The molecule has 1 aromatic rings. The van der Waals surface area contributed by atoms with Gasteiger partial charge in [0, 0.05) is 18.3 Å². The zero-order chi connectivity index (χ0) is 12.3. The van der Waals surface area contributed by atoms with Crippen LogP contribution in [0.25, 0.3) is 0 Å². The van der Waals surface area contributed by atoms with Crippen molar-refractivity contribution in [1.29, 1.82) is 0 Å². The second kappa shape index (κ2) is 5.19. The van der Waals surface area contributed by atoms with Crippen molar-refractivity contribution in [2.45, 2.75) is 25.8 Å². The smallest absolute Gasteiger partial charge is 0.319 e. The topological polar surface area (TPSA) is 67.2 Å². The van der Waals surface area contributed by atoms with Crippen LogP contribution in [0.2, 0.25) is 0 Å². The maximum Gasteiger partial charge on any atom is 0.319 e. The first kappa shape index (κ1) is 11.9. The molecule has 4 nitrogen and oxygen atoms in total. The summed E-state index contributed by atoms with van der Waals surface area (Å²) in [6.45, 7) is 2.73. The Balaban J connectivity index is 1.71. The molecule has 2 rings (SSSR count). The highest BCUT2D eigenvalue weighted by Gasteiger charge is 2.25. The maximum atomic E-state index is 11.6. The van der Waals surface area contributed by atoms with Crippen molar-refractivity contribution in [3.8, 4) is 0 Å². The number of amides is 2. The van der Waals surface area contributed by atoms with Crippen molar-refractivity contribution in [1.82, 2.24) is 5.32 Å². The number of nitrogens with two attached hydrogens (primary N) is 1. The van der Waals surface area contributed by atoms with E-state index in [-0.39, 0.29) is 6.03 Å². The lowest BCUT2D eigenvalue weighted by molar-refractivity contribution is 0.234. The average Bonchev–Trinajstić information content (AvgIpc) is 2.26. The Morgan fingerprint density at radius 2 is 2.00 bits per heavy atom. The largest absolute Gasteiger partial charge is 0.338 e. The van der Waals surface area contributed by atoms with Crippen LogP contribution in [0.5, 0.6) is 0 Å². The average molecular weight is 233 g/mol. The Bertz CT molecular complexity index is 382. The van der Waals surface area contributed by atoms with Gasteiger partial charge in [0.1, 0.15) is 0 Å². The van der Waals surface area contributed by atoms with Crippen LogP contribution in [0, 0.1) is 12.8 Å². The van der Waals surface area contributed by atoms with Crippen molar-refractivity contribution in [2.24, 2.45) is 11.7 Å². The van der Waals surface area contributed by atoms with Crippen molar-refractivity contribution in [3.63, 3.8) is 0 Å². The van der Waals surface area contributed by atoms with Crippen molar-refractivity contribution in [3.05, 3.63) is 29.8 Å². The lowest BCUT2D eigenvalue weighted by Crippen LogP contribution is -2.43. The molecule has 0 aliphatic heterocycles. The third kappa shape index (κ3) is 3.46. The zero-order valence-corrected chi connectivity index (χ0v) is 10.1. The molecule has 0 bridgehead atoms. The molecule has 0 aromatic heterocycles. The number of nitrogens with one attached hydrogen (secondary N) is 2. The van der Waals surface area contributed by atoms with Crippen LogP contribution in [0.3, 0.4) is 0 Å². The Hall–Kier alpha value is -1.55. The summed E-state index contributed by atoms with van der Waals surface area (Å²) in [5, 5.41) is 5.67. The van der Waals surface area contributed by atoms with E-state index in [0.717, 1.165) is 18.5 Å². The molecule has 0 spiro atoms. The van der Waals surface area contributed by atoms with Gasteiger partial charge in [-0.3, -0.25) is 0 Å². The van der Waals surface area contributed by atoms with Crippen LogP contribution in [0.15, 0.2) is 24.3 Å². The summed E-state index contributed by atoms with van der Waals surface area (Å²) in [6.07, 6.45) is 2.04. The van der Waals surface area contributed by atoms with Gasteiger partial charge in [-0.25, -0.2) is 4.79 Å². The molecule has 0 heterocycles. The molecule has 2 amide bonds. The molecule has 92 valence electrons. The van der Waals surface area contributed by atoms with Crippen LogP contribution in [-0.2, 0) is 0 Å². The zero-order valence-electron chi connectivity index (χ0n) is 10.1. The van der Waals surface area contributed by atoms with Gasteiger partial charge < -0.3 is 16.4 Å². The first-order chi connectivity index (χ1) is 8.13. The van der Waals surface area contributed by atoms with E-state index >= 15 is 0 Å². The lowest BCUT2D eigenvalue weighted by Gasteiger charge is -2.32. The standard InChI is InChI=1S/C13H19N3O/c1-9-2-4-12(5-3-9)16-13(17)15-8-10-6-11(14)7-10/h2-5,10-11H,6-8,14H2,1H3,(H2,15,16,17). The number of rotatable bonds is 3. The SMILES string of the molecule is Cc1ccc(NC(=O)NCC2CC(N)C2)cc1. The summed E-state index contributed by atoms with van der Waals surface area (Å²) in [6, 6.07) is 7.93. The fraction of sp³-hybridized carbons (Fsp3) is 0.462. The fourth-order valence-corrected chi connectivity index (χ4v) is 2.00. The molecule has 1 aliphatic carbocycles. The van der Waals surface area contributed by atoms with E-state index in [1.807, 2.05) is 31.2 Å². The number of urea groups is 1. The number of carbonyl (C=O) groups excluding carboxylic acids is 1. The van der Waals surface area contributed by atoms with Crippen LogP contribution in [-0.4, -0.2) is 18.6 Å². The monoisotopic (exact) mass is 233 g/mol. The van der Waals surface area contributed by atoms with Gasteiger partial charge in [-0.1, -0.05) is 17.7 Å². The third-order valence-electron chi connectivity index (χ3n) is 3.13. The highest BCUT2D eigenvalue weighted by atomic mass is 16.2. The molecule has 1 aromatic carbocycles. The third-order valence-corrected chi connectivity index (χ3v) is 3.13. The number of benzene rings is 1. The summed E-state index contributed by atoms with van der Waals surface area (Å²) in [5.74, 6) is 0.550. The molecule has 17 heavy (non-hydrogen) atoms. The predicted octanol–water partition coefficient (Wildman–Crippen LogP) is 1.85. The van der Waals surface area contributed by atoms with E-state index < -0.39 is 0 Å². The normalized spacial score (nSPS) is 22.7. The van der Waals surface area contributed by atoms with Gasteiger partial charge in [0.05, 0.1) is 0 Å². The minimum Gasteiger partial charge on any atom is -0.338 e. The number of hydrogen-bond donors (Lipinski definition) is 3. The van der Waals surface area contributed by atoms with Crippen molar-refractivity contribution < 1.29 is 4.79 Å². The summed E-state index contributed by atoms with van der Waals surface area (Å²) < 4.78 is 0. The molecule has 1 aliphatic rings. The molecular formula is C13H19N3O. The van der Waals surface area contributed by atoms with Gasteiger partial charge in [-0.15, -0.1) is 0 Å². The van der Waals surface area contributed by atoms with E-state index in [1.54, 1.807) is 0 Å². The van der Waals surface area contributed by atoms with E-state index in [0.29, 0.717) is 18.5 Å². The summed E-state index contributed by atoms with van der Waals surface area (Å²) >= 11 is 0. The second-order valence-electron chi connectivity index (χ2n) is 4.80. The van der Waals surface area contributed by atoms with Gasteiger partial charge in [0.25, 0.3) is 0 Å². The molecule has 0 saturated heterocycles. The highest BCUT2D eigenvalue weighted by Crippen LogP contribution is 2.24. The van der Waals surface area contributed by atoms with Gasteiger partial charge in [-0.05, 0) is 37.8 Å². The molecule has 4 N–H and O–H groups in total. The molecule has 1 fully saturated rings. The van der Waals surface area contributed by atoms with E-state index in [4.69, 9.17) is 5.73 Å². The van der Waals surface area contributed by atoms with Crippen LogP contribution >= 0.6 is 0 Å². The minimum atomic E-state index is -0.144. The summed E-state index contributed by atoms with van der Waals surface area (Å²) in [7, 11) is 0. The summed E-state index contributed by atoms with van der Waals surface area (Å²) in [4.78, 5) is 11.6. The Labute approximate surface area is 102 Å². The van der Waals surface area contributed by atoms with E-state index in [9.17, 15) is 4.79 Å².